The molecule has 1 heterocycles. The normalized spacial score (nSPS) is 18.9. The molecule has 1 aromatic carbocycles. The van der Waals surface area contributed by atoms with Crippen molar-refractivity contribution in [3.05, 3.63) is 28.8 Å². The molecule has 1 aromatic rings. The van der Waals surface area contributed by atoms with Gasteiger partial charge in [-0.15, -0.1) is 12.4 Å². The van der Waals surface area contributed by atoms with Crippen molar-refractivity contribution in [2.75, 3.05) is 25.0 Å². The molecule has 0 spiro atoms. The zero-order valence-electron chi connectivity index (χ0n) is 10.0. The molecule has 18 heavy (non-hydrogen) atoms. The first kappa shape index (κ1) is 15.2. The van der Waals surface area contributed by atoms with Crippen LogP contribution in [0.25, 0.3) is 0 Å². The second-order valence-electron chi connectivity index (χ2n) is 4.02. The van der Waals surface area contributed by atoms with Gasteiger partial charge in [0.05, 0.1) is 6.61 Å². The van der Waals surface area contributed by atoms with E-state index < -0.39 is 6.10 Å². The van der Waals surface area contributed by atoms with Gasteiger partial charge in [0.1, 0.15) is 6.10 Å². The fraction of sp³-hybridized carbons (Fsp3) is 0.417. The number of ether oxygens (including phenoxy) is 1. The van der Waals surface area contributed by atoms with Crippen LogP contribution in [-0.2, 0) is 9.53 Å². The molecule has 0 saturated carbocycles. The highest BCUT2D eigenvalue weighted by atomic mass is 35.5. The number of amides is 1. The Bertz CT molecular complexity index is 421. The minimum atomic E-state index is -0.427. The van der Waals surface area contributed by atoms with Crippen molar-refractivity contribution in [1.29, 1.82) is 0 Å². The number of morpholine rings is 1. The van der Waals surface area contributed by atoms with E-state index in [-0.39, 0.29) is 18.3 Å². The lowest BCUT2D eigenvalue weighted by atomic mass is 10.2. The number of carbonyl (C=O) groups is 1. The summed E-state index contributed by atoms with van der Waals surface area (Å²) in [5.41, 5.74) is 1.68. The van der Waals surface area contributed by atoms with Gasteiger partial charge < -0.3 is 15.4 Å². The number of hydrogen-bond donors (Lipinski definition) is 2. The molecule has 1 amide bonds. The van der Waals surface area contributed by atoms with Crippen LogP contribution in [0.1, 0.15) is 5.56 Å². The Hall–Kier alpha value is -0.810. The first-order chi connectivity index (χ1) is 8.16. The van der Waals surface area contributed by atoms with Crippen molar-refractivity contribution in [1.82, 2.24) is 5.32 Å². The van der Waals surface area contributed by atoms with Crippen LogP contribution in [0.15, 0.2) is 18.2 Å². The number of benzene rings is 1. The van der Waals surface area contributed by atoms with Crippen LogP contribution in [0.5, 0.6) is 0 Å². The SMILES string of the molecule is Cc1ccc(NC(=O)C2CNCCO2)cc1Cl.Cl. The molecule has 2 N–H and O–H groups in total. The maximum absolute atomic E-state index is 11.8. The van der Waals surface area contributed by atoms with Crippen LogP contribution in [-0.4, -0.2) is 31.7 Å². The zero-order valence-corrected chi connectivity index (χ0v) is 11.6. The maximum Gasteiger partial charge on any atom is 0.254 e. The molecule has 1 fully saturated rings. The molecule has 0 aromatic heterocycles. The summed E-state index contributed by atoms with van der Waals surface area (Å²) in [5.74, 6) is -0.142. The van der Waals surface area contributed by atoms with E-state index in [1.54, 1.807) is 6.07 Å². The van der Waals surface area contributed by atoms with Gasteiger partial charge in [0.2, 0.25) is 0 Å². The Kier molecular flexibility index (Phi) is 5.88. The van der Waals surface area contributed by atoms with Crippen LogP contribution >= 0.6 is 24.0 Å². The molecule has 1 aliphatic rings. The first-order valence-corrected chi connectivity index (χ1v) is 5.94. The van der Waals surface area contributed by atoms with Gasteiger partial charge in [-0.3, -0.25) is 4.79 Å². The predicted octanol–water partition coefficient (Wildman–Crippen LogP) is 2.00. The third-order valence-corrected chi connectivity index (χ3v) is 3.07. The molecule has 0 aliphatic carbocycles. The third-order valence-electron chi connectivity index (χ3n) is 2.66. The van der Waals surface area contributed by atoms with Crippen molar-refractivity contribution in [2.45, 2.75) is 13.0 Å². The highest BCUT2D eigenvalue weighted by Crippen LogP contribution is 2.20. The van der Waals surface area contributed by atoms with Crippen molar-refractivity contribution in [3.8, 4) is 0 Å². The Morgan fingerprint density at radius 3 is 2.94 bits per heavy atom. The van der Waals surface area contributed by atoms with Gasteiger partial charge in [-0.2, -0.15) is 0 Å². The van der Waals surface area contributed by atoms with E-state index in [1.165, 1.54) is 0 Å². The van der Waals surface area contributed by atoms with Gasteiger partial charge in [-0.1, -0.05) is 17.7 Å². The molecule has 0 bridgehead atoms. The summed E-state index contributed by atoms with van der Waals surface area (Å²) in [6.45, 7) is 3.82. The fourth-order valence-electron chi connectivity index (χ4n) is 1.63. The first-order valence-electron chi connectivity index (χ1n) is 5.56. The number of anilines is 1. The van der Waals surface area contributed by atoms with E-state index >= 15 is 0 Å². The molecule has 1 atom stereocenters. The number of nitrogens with one attached hydrogen (secondary N) is 2. The molecule has 4 nitrogen and oxygen atoms in total. The lowest BCUT2D eigenvalue weighted by molar-refractivity contribution is -0.128. The lowest BCUT2D eigenvalue weighted by Crippen LogP contribution is -2.45. The smallest absolute Gasteiger partial charge is 0.254 e. The monoisotopic (exact) mass is 290 g/mol. The van der Waals surface area contributed by atoms with Gasteiger partial charge in [-0.25, -0.2) is 0 Å². The number of rotatable bonds is 2. The van der Waals surface area contributed by atoms with Crippen molar-refractivity contribution < 1.29 is 9.53 Å². The van der Waals surface area contributed by atoms with Crippen LogP contribution in [0.4, 0.5) is 5.69 Å². The summed E-state index contributed by atoms with van der Waals surface area (Å²) in [6, 6.07) is 5.44. The summed E-state index contributed by atoms with van der Waals surface area (Å²) in [5, 5.41) is 6.55. The summed E-state index contributed by atoms with van der Waals surface area (Å²) in [7, 11) is 0. The fourth-order valence-corrected chi connectivity index (χ4v) is 1.81. The lowest BCUT2D eigenvalue weighted by Gasteiger charge is -2.22. The summed E-state index contributed by atoms with van der Waals surface area (Å²) >= 11 is 5.99. The van der Waals surface area contributed by atoms with Gasteiger partial charge >= 0.3 is 0 Å². The predicted molar refractivity (Wildman–Crippen MR) is 74.7 cm³/mol. The maximum atomic E-state index is 11.8. The standard InChI is InChI=1S/C12H15ClN2O2.ClH/c1-8-2-3-9(6-10(8)13)15-12(16)11-7-14-4-5-17-11;/h2-3,6,11,14H,4-5,7H2,1H3,(H,15,16);1H. The zero-order chi connectivity index (χ0) is 12.3. The van der Waals surface area contributed by atoms with E-state index in [1.807, 2.05) is 19.1 Å². The molecule has 0 radical (unpaired) electrons. The van der Waals surface area contributed by atoms with E-state index in [2.05, 4.69) is 10.6 Å². The minimum Gasteiger partial charge on any atom is -0.366 e. The number of halogens is 2. The largest absolute Gasteiger partial charge is 0.366 e. The second-order valence-corrected chi connectivity index (χ2v) is 4.42. The van der Waals surface area contributed by atoms with Crippen molar-refractivity contribution in [2.24, 2.45) is 0 Å². The van der Waals surface area contributed by atoms with Crippen LogP contribution in [0, 0.1) is 6.92 Å². The van der Waals surface area contributed by atoms with Crippen LogP contribution < -0.4 is 10.6 Å². The van der Waals surface area contributed by atoms with Gasteiger partial charge in [0.15, 0.2) is 0 Å². The number of hydrogen-bond acceptors (Lipinski definition) is 3. The molecule has 6 heteroatoms. The number of carbonyl (C=O) groups excluding carboxylic acids is 1. The van der Waals surface area contributed by atoms with Gasteiger partial charge in [0.25, 0.3) is 5.91 Å². The highest BCUT2D eigenvalue weighted by Gasteiger charge is 2.21. The quantitative estimate of drug-likeness (QED) is 0.876. The summed E-state index contributed by atoms with van der Waals surface area (Å²) in [4.78, 5) is 11.8. The molecule has 2 rings (SSSR count). The van der Waals surface area contributed by atoms with Crippen LogP contribution in [0.3, 0.4) is 0 Å². The van der Waals surface area contributed by atoms with E-state index in [0.29, 0.717) is 23.9 Å². The van der Waals surface area contributed by atoms with Crippen molar-refractivity contribution in [3.63, 3.8) is 0 Å². The Morgan fingerprint density at radius 2 is 2.33 bits per heavy atom. The van der Waals surface area contributed by atoms with Crippen LogP contribution in [0.2, 0.25) is 5.02 Å². The average Bonchev–Trinajstić information content (AvgIpc) is 2.35. The van der Waals surface area contributed by atoms with Gasteiger partial charge in [0, 0.05) is 23.8 Å². The van der Waals surface area contributed by atoms with E-state index in [9.17, 15) is 4.79 Å². The molecule has 1 unspecified atom stereocenters. The molecule has 1 saturated heterocycles. The molecular weight excluding hydrogens is 275 g/mol. The molecule has 100 valence electrons. The third kappa shape index (κ3) is 3.85. The average molecular weight is 291 g/mol. The Balaban J connectivity index is 0.00000162. The Morgan fingerprint density at radius 1 is 1.56 bits per heavy atom. The minimum absolute atomic E-state index is 0. The summed E-state index contributed by atoms with van der Waals surface area (Å²) in [6.07, 6.45) is -0.427. The topological polar surface area (TPSA) is 50.4 Å². The van der Waals surface area contributed by atoms with Gasteiger partial charge in [-0.05, 0) is 24.6 Å². The Labute approximate surface area is 117 Å². The molecule has 1 aliphatic heterocycles. The highest BCUT2D eigenvalue weighted by molar-refractivity contribution is 6.31. The van der Waals surface area contributed by atoms with Crippen molar-refractivity contribution >= 4 is 35.6 Å². The van der Waals surface area contributed by atoms with E-state index in [0.717, 1.165) is 12.1 Å². The number of aryl methyl sites for hydroxylation is 1. The second kappa shape index (κ2) is 6.95. The molecular formula is C12H16Cl2N2O2. The van der Waals surface area contributed by atoms with E-state index in [4.69, 9.17) is 16.3 Å². The summed E-state index contributed by atoms with van der Waals surface area (Å²) < 4.78 is 5.36.